The molecule has 0 atom stereocenters. The third-order valence-electron chi connectivity index (χ3n) is 4.17. The van der Waals surface area contributed by atoms with E-state index in [0.29, 0.717) is 32.6 Å². The molecule has 1 aromatic carbocycles. The molecule has 0 spiro atoms. The van der Waals surface area contributed by atoms with Crippen molar-refractivity contribution in [3.8, 4) is 0 Å². The number of rotatable bonds is 6. The Morgan fingerprint density at radius 1 is 1.26 bits per heavy atom. The van der Waals surface area contributed by atoms with Crippen LogP contribution in [0.2, 0.25) is 0 Å². The standard InChI is InChI=1S/C17H23N3O2S/c1-2-15-18-16(23-19-15)20(12-14-6-4-3-5-7-14)13-17(21)8-10-22-11-9-17/h3-7,21H,2,8-13H2,1H3. The molecule has 3 rings (SSSR count). The summed E-state index contributed by atoms with van der Waals surface area (Å²) in [7, 11) is 0. The summed E-state index contributed by atoms with van der Waals surface area (Å²) >= 11 is 1.41. The predicted molar refractivity (Wildman–Crippen MR) is 91.8 cm³/mol. The average molecular weight is 333 g/mol. The molecule has 6 heteroatoms. The van der Waals surface area contributed by atoms with E-state index in [4.69, 9.17) is 4.74 Å². The number of hydrogen-bond donors (Lipinski definition) is 1. The first kappa shape index (κ1) is 16.4. The van der Waals surface area contributed by atoms with E-state index in [9.17, 15) is 5.11 Å². The molecular weight excluding hydrogens is 310 g/mol. The summed E-state index contributed by atoms with van der Waals surface area (Å²) in [5, 5.41) is 11.8. The van der Waals surface area contributed by atoms with Crippen molar-refractivity contribution in [2.75, 3.05) is 24.7 Å². The van der Waals surface area contributed by atoms with Crippen LogP contribution in [0.3, 0.4) is 0 Å². The van der Waals surface area contributed by atoms with Gasteiger partial charge in [0.05, 0.1) is 5.60 Å². The number of ether oxygens (including phenoxy) is 1. The normalized spacial score (nSPS) is 17.1. The second-order valence-electron chi connectivity index (χ2n) is 6.03. The van der Waals surface area contributed by atoms with Crippen molar-refractivity contribution in [1.82, 2.24) is 9.36 Å². The number of benzene rings is 1. The van der Waals surface area contributed by atoms with Gasteiger partial charge in [-0.25, -0.2) is 4.98 Å². The lowest BCUT2D eigenvalue weighted by Gasteiger charge is -2.36. The highest BCUT2D eigenvalue weighted by molar-refractivity contribution is 7.09. The first-order chi connectivity index (χ1) is 11.2. The maximum Gasteiger partial charge on any atom is 0.205 e. The average Bonchev–Trinajstić information content (AvgIpc) is 3.05. The van der Waals surface area contributed by atoms with Crippen LogP contribution in [0.4, 0.5) is 5.13 Å². The molecule has 0 unspecified atom stereocenters. The first-order valence-corrected chi connectivity index (χ1v) is 8.87. The zero-order valence-corrected chi connectivity index (χ0v) is 14.3. The highest BCUT2D eigenvalue weighted by Gasteiger charge is 2.33. The van der Waals surface area contributed by atoms with Gasteiger partial charge in [0.2, 0.25) is 5.13 Å². The van der Waals surface area contributed by atoms with Crippen molar-refractivity contribution in [2.24, 2.45) is 0 Å². The molecule has 1 aliphatic rings. The van der Waals surface area contributed by atoms with Crippen LogP contribution in [-0.2, 0) is 17.7 Å². The lowest BCUT2D eigenvalue weighted by molar-refractivity contribution is -0.0579. The highest BCUT2D eigenvalue weighted by Crippen LogP contribution is 2.27. The van der Waals surface area contributed by atoms with Crippen LogP contribution in [0.25, 0.3) is 0 Å². The molecule has 1 aliphatic heterocycles. The third-order valence-corrected chi connectivity index (χ3v) is 4.98. The molecule has 5 nitrogen and oxygen atoms in total. The molecule has 1 fully saturated rings. The summed E-state index contributed by atoms with van der Waals surface area (Å²) in [6, 6.07) is 10.3. The van der Waals surface area contributed by atoms with Crippen LogP contribution in [0.15, 0.2) is 30.3 Å². The zero-order valence-electron chi connectivity index (χ0n) is 13.4. The van der Waals surface area contributed by atoms with Crippen LogP contribution in [0.1, 0.15) is 31.2 Å². The van der Waals surface area contributed by atoms with E-state index < -0.39 is 5.60 Å². The minimum Gasteiger partial charge on any atom is -0.388 e. The van der Waals surface area contributed by atoms with Crippen molar-refractivity contribution in [1.29, 1.82) is 0 Å². The molecule has 1 saturated heterocycles. The summed E-state index contributed by atoms with van der Waals surface area (Å²) < 4.78 is 9.78. The van der Waals surface area contributed by atoms with Crippen LogP contribution in [0.5, 0.6) is 0 Å². The Morgan fingerprint density at radius 2 is 2.00 bits per heavy atom. The number of aryl methyl sites for hydroxylation is 1. The minimum absolute atomic E-state index is 0.559. The Labute approximate surface area is 141 Å². The lowest BCUT2D eigenvalue weighted by Crippen LogP contribution is -2.46. The zero-order chi connectivity index (χ0) is 16.1. The van der Waals surface area contributed by atoms with Crippen molar-refractivity contribution in [2.45, 2.75) is 38.3 Å². The van der Waals surface area contributed by atoms with Gasteiger partial charge in [0.25, 0.3) is 0 Å². The van der Waals surface area contributed by atoms with E-state index in [1.165, 1.54) is 17.1 Å². The van der Waals surface area contributed by atoms with Gasteiger partial charge in [0.1, 0.15) is 5.82 Å². The predicted octanol–water partition coefficient (Wildman–Crippen LogP) is 2.65. The van der Waals surface area contributed by atoms with Crippen molar-refractivity contribution in [3.63, 3.8) is 0 Å². The van der Waals surface area contributed by atoms with Gasteiger partial charge < -0.3 is 14.7 Å². The maximum absolute atomic E-state index is 10.9. The van der Waals surface area contributed by atoms with Gasteiger partial charge in [-0.2, -0.15) is 4.37 Å². The number of anilines is 1. The molecule has 0 amide bonds. The monoisotopic (exact) mass is 333 g/mol. The summed E-state index contributed by atoms with van der Waals surface area (Å²) in [6.45, 7) is 4.57. The van der Waals surface area contributed by atoms with Gasteiger partial charge in [-0.3, -0.25) is 0 Å². The first-order valence-electron chi connectivity index (χ1n) is 8.10. The Kier molecular flexibility index (Phi) is 5.25. The van der Waals surface area contributed by atoms with Crippen molar-refractivity contribution >= 4 is 16.7 Å². The molecular formula is C17H23N3O2S. The second kappa shape index (κ2) is 7.38. The molecule has 2 aromatic rings. The Morgan fingerprint density at radius 3 is 2.65 bits per heavy atom. The minimum atomic E-state index is -0.717. The smallest absolute Gasteiger partial charge is 0.205 e. The quantitative estimate of drug-likeness (QED) is 0.881. The fraction of sp³-hybridized carbons (Fsp3) is 0.529. The third kappa shape index (κ3) is 4.28. The topological polar surface area (TPSA) is 58.5 Å². The van der Waals surface area contributed by atoms with E-state index in [0.717, 1.165) is 23.9 Å². The largest absolute Gasteiger partial charge is 0.388 e. The molecule has 0 aliphatic carbocycles. The number of hydrogen-bond acceptors (Lipinski definition) is 6. The molecule has 23 heavy (non-hydrogen) atoms. The number of nitrogens with zero attached hydrogens (tertiary/aromatic N) is 3. The van der Waals surface area contributed by atoms with E-state index in [2.05, 4.69) is 33.3 Å². The summed E-state index contributed by atoms with van der Waals surface area (Å²) in [5.74, 6) is 0.863. The molecule has 2 heterocycles. The molecule has 0 radical (unpaired) electrons. The summed E-state index contributed by atoms with van der Waals surface area (Å²) in [4.78, 5) is 6.76. The Bertz CT molecular complexity index is 611. The summed E-state index contributed by atoms with van der Waals surface area (Å²) in [6.07, 6.45) is 2.16. The summed E-state index contributed by atoms with van der Waals surface area (Å²) in [5.41, 5.74) is 0.488. The van der Waals surface area contributed by atoms with E-state index in [-0.39, 0.29) is 0 Å². The maximum atomic E-state index is 10.9. The highest BCUT2D eigenvalue weighted by atomic mass is 32.1. The number of aliphatic hydroxyl groups is 1. The van der Waals surface area contributed by atoms with E-state index in [1.54, 1.807) is 0 Å². The second-order valence-corrected chi connectivity index (χ2v) is 6.76. The Balaban J connectivity index is 1.80. The molecule has 0 bridgehead atoms. The van der Waals surface area contributed by atoms with Gasteiger partial charge >= 0.3 is 0 Å². The van der Waals surface area contributed by atoms with Crippen LogP contribution < -0.4 is 4.90 Å². The Hall–Kier alpha value is -1.50. The van der Waals surface area contributed by atoms with E-state index in [1.807, 2.05) is 18.2 Å². The fourth-order valence-electron chi connectivity index (χ4n) is 2.78. The number of aromatic nitrogens is 2. The van der Waals surface area contributed by atoms with Gasteiger partial charge in [0, 0.05) is 57.1 Å². The van der Waals surface area contributed by atoms with Gasteiger partial charge in [0.15, 0.2) is 0 Å². The van der Waals surface area contributed by atoms with Gasteiger partial charge in [-0.1, -0.05) is 37.3 Å². The van der Waals surface area contributed by atoms with Gasteiger partial charge in [-0.05, 0) is 5.56 Å². The molecule has 1 N–H and O–H groups in total. The molecule has 124 valence electrons. The van der Waals surface area contributed by atoms with Crippen molar-refractivity contribution in [3.05, 3.63) is 41.7 Å². The fourth-order valence-corrected chi connectivity index (χ4v) is 3.52. The van der Waals surface area contributed by atoms with Crippen LogP contribution in [0, 0.1) is 0 Å². The molecule has 1 aromatic heterocycles. The SMILES string of the molecule is CCc1nsc(N(Cc2ccccc2)CC2(O)CCOCC2)n1. The molecule has 0 saturated carbocycles. The lowest BCUT2D eigenvalue weighted by atomic mass is 9.94. The van der Waals surface area contributed by atoms with E-state index >= 15 is 0 Å². The van der Waals surface area contributed by atoms with Crippen LogP contribution >= 0.6 is 11.5 Å². The van der Waals surface area contributed by atoms with Crippen molar-refractivity contribution < 1.29 is 9.84 Å². The van der Waals surface area contributed by atoms with Crippen LogP contribution in [-0.4, -0.2) is 39.8 Å². The van der Waals surface area contributed by atoms with Gasteiger partial charge in [-0.15, -0.1) is 0 Å².